The Morgan fingerprint density at radius 2 is 1.81 bits per heavy atom. The Balaban J connectivity index is 1.33. The first-order chi connectivity index (χ1) is 15.6. The van der Waals surface area contributed by atoms with Gasteiger partial charge in [-0.1, -0.05) is 43.2 Å². The van der Waals surface area contributed by atoms with Crippen LogP contribution >= 0.6 is 0 Å². The van der Waals surface area contributed by atoms with E-state index in [4.69, 9.17) is 4.74 Å². The largest absolute Gasteiger partial charge is 0.508 e. The number of hydrogen-bond acceptors (Lipinski definition) is 3. The van der Waals surface area contributed by atoms with Crippen LogP contribution in [0.2, 0.25) is 0 Å². The number of aromatic hydroxyl groups is 1. The molecule has 5 rings (SSSR count). The fourth-order valence-corrected chi connectivity index (χ4v) is 6.86. The summed E-state index contributed by atoms with van der Waals surface area (Å²) in [6.45, 7) is 2.13. The third-order valence-corrected chi connectivity index (χ3v) is 8.28. The summed E-state index contributed by atoms with van der Waals surface area (Å²) < 4.78 is 6.31. The van der Waals surface area contributed by atoms with Gasteiger partial charge in [-0.3, -0.25) is 4.79 Å². The number of ketones is 1. The second kappa shape index (κ2) is 9.29. The molecule has 2 aromatic carbocycles. The molecule has 0 bridgehead atoms. The molecule has 0 aliphatic heterocycles. The lowest BCUT2D eigenvalue weighted by Gasteiger charge is -2.48. The molecule has 3 aliphatic rings. The first-order valence-corrected chi connectivity index (χ1v) is 12.7. The molecular weight excluding hydrogens is 396 g/mol. The lowest BCUT2D eigenvalue weighted by atomic mass is 9.55. The Labute approximate surface area is 192 Å². The maximum Gasteiger partial charge on any atom is 0.133 e. The van der Waals surface area contributed by atoms with E-state index in [1.165, 1.54) is 36.8 Å². The molecule has 1 N–H and O–H groups in total. The highest BCUT2D eigenvalue weighted by Crippen LogP contribution is 2.58. The lowest BCUT2D eigenvalue weighted by Crippen LogP contribution is -2.38. The van der Waals surface area contributed by atoms with Crippen LogP contribution < -0.4 is 4.74 Å². The van der Waals surface area contributed by atoms with Crippen molar-refractivity contribution >= 4 is 5.78 Å². The quantitative estimate of drug-likeness (QED) is 0.539. The normalized spacial score (nSPS) is 27.7. The molecule has 32 heavy (non-hydrogen) atoms. The zero-order valence-electron chi connectivity index (χ0n) is 19.3. The molecule has 0 amide bonds. The number of carbonyl (C=O) groups excluding carboxylic acids is 1. The Kier molecular flexibility index (Phi) is 6.26. The third-order valence-electron chi connectivity index (χ3n) is 8.28. The molecule has 0 aromatic heterocycles. The number of aryl methyl sites for hydroxylation is 1. The van der Waals surface area contributed by atoms with E-state index in [-0.39, 0.29) is 12.0 Å². The number of hydrogen-bond donors (Lipinski definition) is 1. The molecule has 2 fully saturated rings. The van der Waals surface area contributed by atoms with E-state index in [0.29, 0.717) is 35.7 Å². The number of phenolic OH excluding ortho intramolecular Hbond substituents is 1. The van der Waals surface area contributed by atoms with Gasteiger partial charge in [0.15, 0.2) is 0 Å². The minimum absolute atomic E-state index is 0.103. The molecule has 0 radical (unpaired) electrons. The topological polar surface area (TPSA) is 46.5 Å². The molecule has 3 heteroatoms. The van der Waals surface area contributed by atoms with Crippen molar-refractivity contribution in [1.29, 1.82) is 0 Å². The Morgan fingerprint density at radius 1 is 1.03 bits per heavy atom. The highest BCUT2D eigenvalue weighted by atomic mass is 16.5. The maximum atomic E-state index is 12.3. The van der Waals surface area contributed by atoms with Crippen LogP contribution in [0.1, 0.15) is 93.2 Å². The molecule has 0 heterocycles. The highest BCUT2D eigenvalue weighted by molar-refractivity contribution is 5.81. The number of phenols is 1. The van der Waals surface area contributed by atoms with Gasteiger partial charge in [-0.25, -0.2) is 0 Å². The summed E-state index contributed by atoms with van der Waals surface area (Å²) in [4.78, 5) is 12.3. The van der Waals surface area contributed by atoms with Crippen molar-refractivity contribution in [2.45, 2.75) is 89.1 Å². The first kappa shape index (κ1) is 21.6. The van der Waals surface area contributed by atoms with Crippen molar-refractivity contribution in [2.75, 3.05) is 0 Å². The van der Waals surface area contributed by atoms with Crippen molar-refractivity contribution in [3.05, 3.63) is 59.2 Å². The molecule has 2 aromatic rings. The van der Waals surface area contributed by atoms with Crippen LogP contribution in [-0.2, 0) is 11.2 Å². The molecule has 3 nitrogen and oxygen atoms in total. The summed E-state index contributed by atoms with van der Waals surface area (Å²) in [5.74, 6) is 3.42. The minimum atomic E-state index is 0.103. The fourth-order valence-electron chi connectivity index (χ4n) is 6.86. The molecule has 5 atom stereocenters. The van der Waals surface area contributed by atoms with Gasteiger partial charge in [0.1, 0.15) is 17.3 Å². The van der Waals surface area contributed by atoms with Gasteiger partial charge in [-0.15, -0.1) is 0 Å². The van der Waals surface area contributed by atoms with Gasteiger partial charge in [0.05, 0.1) is 6.10 Å². The third kappa shape index (κ3) is 4.31. The van der Waals surface area contributed by atoms with E-state index in [9.17, 15) is 9.90 Å². The average molecular weight is 433 g/mol. The van der Waals surface area contributed by atoms with Crippen molar-refractivity contribution in [3.8, 4) is 11.5 Å². The van der Waals surface area contributed by atoms with Gasteiger partial charge in [0.2, 0.25) is 0 Å². The summed E-state index contributed by atoms with van der Waals surface area (Å²) in [5.41, 5.74) is 3.71. The Morgan fingerprint density at radius 3 is 2.66 bits per heavy atom. The van der Waals surface area contributed by atoms with Gasteiger partial charge in [-0.2, -0.15) is 0 Å². The van der Waals surface area contributed by atoms with Crippen LogP contribution in [0.4, 0.5) is 0 Å². The molecule has 2 saturated carbocycles. The first-order valence-electron chi connectivity index (χ1n) is 12.7. The number of rotatable bonds is 6. The smallest absolute Gasteiger partial charge is 0.133 e. The van der Waals surface area contributed by atoms with E-state index < -0.39 is 0 Å². The van der Waals surface area contributed by atoms with Crippen molar-refractivity contribution in [3.63, 3.8) is 0 Å². The number of carbonyl (C=O) groups is 1. The van der Waals surface area contributed by atoms with Gasteiger partial charge in [0, 0.05) is 24.5 Å². The minimum Gasteiger partial charge on any atom is -0.508 e. The highest BCUT2D eigenvalue weighted by Gasteiger charge is 2.47. The summed E-state index contributed by atoms with van der Waals surface area (Å²) in [6.07, 6.45) is 10.6. The van der Waals surface area contributed by atoms with Crippen LogP contribution in [0.5, 0.6) is 11.5 Å². The van der Waals surface area contributed by atoms with Crippen LogP contribution in [-0.4, -0.2) is 17.0 Å². The zero-order valence-corrected chi connectivity index (χ0v) is 19.3. The molecule has 3 aliphatic carbocycles. The standard InChI is InChI=1S/C29H36O3/c1-19(8-7-11-20-9-3-2-4-10-20)32-22-17-27-24-13-6-5-12-23(24)25-15-14-21(30)16-26(25)29(27)28(31)18-22/h2-4,9-10,17-19,23-26,31H,5-8,11-16H2,1H3/t19?,23-,24-,25+,26-/m1/s1. The predicted molar refractivity (Wildman–Crippen MR) is 127 cm³/mol. The summed E-state index contributed by atoms with van der Waals surface area (Å²) in [7, 11) is 0. The second-order valence-electron chi connectivity index (χ2n) is 10.4. The summed E-state index contributed by atoms with van der Waals surface area (Å²) >= 11 is 0. The monoisotopic (exact) mass is 432 g/mol. The number of benzene rings is 2. The van der Waals surface area contributed by atoms with E-state index >= 15 is 0 Å². The zero-order chi connectivity index (χ0) is 22.1. The predicted octanol–water partition coefficient (Wildman–Crippen LogP) is 6.92. The van der Waals surface area contributed by atoms with Gasteiger partial charge in [0.25, 0.3) is 0 Å². The van der Waals surface area contributed by atoms with E-state index in [1.54, 1.807) is 0 Å². The van der Waals surface area contributed by atoms with Gasteiger partial charge in [-0.05, 0) is 86.3 Å². The second-order valence-corrected chi connectivity index (χ2v) is 10.4. The van der Waals surface area contributed by atoms with Crippen LogP contribution in [0.3, 0.4) is 0 Å². The summed E-state index contributed by atoms with van der Waals surface area (Å²) in [5, 5.41) is 11.1. The Hall–Kier alpha value is -2.29. The van der Waals surface area contributed by atoms with Crippen LogP contribution in [0.25, 0.3) is 0 Å². The van der Waals surface area contributed by atoms with E-state index in [2.05, 4.69) is 43.3 Å². The molecule has 0 spiro atoms. The Bertz CT molecular complexity index is 950. The van der Waals surface area contributed by atoms with Crippen molar-refractivity contribution in [1.82, 2.24) is 0 Å². The van der Waals surface area contributed by atoms with Crippen molar-refractivity contribution in [2.24, 2.45) is 11.8 Å². The van der Waals surface area contributed by atoms with Crippen LogP contribution in [0.15, 0.2) is 42.5 Å². The number of fused-ring (bicyclic) bond motifs is 6. The number of ether oxygens (including phenoxy) is 1. The molecule has 1 unspecified atom stereocenters. The van der Waals surface area contributed by atoms with Gasteiger partial charge < -0.3 is 9.84 Å². The fraction of sp³-hybridized carbons (Fsp3) is 0.552. The van der Waals surface area contributed by atoms with Crippen molar-refractivity contribution < 1.29 is 14.6 Å². The van der Waals surface area contributed by atoms with E-state index in [0.717, 1.165) is 43.4 Å². The molecular formula is C29H36O3. The lowest BCUT2D eigenvalue weighted by molar-refractivity contribution is -0.122. The SMILES string of the molecule is CC(CCCc1ccccc1)Oc1cc(O)c2c(c1)[C@@H]1CCCC[C@H]1[C@@H]1CCC(=O)C[C@@H]21. The van der Waals surface area contributed by atoms with Gasteiger partial charge >= 0.3 is 0 Å². The van der Waals surface area contributed by atoms with Crippen LogP contribution in [0, 0.1) is 11.8 Å². The van der Waals surface area contributed by atoms with E-state index in [1.807, 2.05) is 6.07 Å². The number of Topliss-reactive ketones (excluding diaryl/α,β-unsaturated/α-hetero) is 1. The maximum absolute atomic E-state index is 12.3. The average Bonchev–Trinajstić information content (AvgIpc) is 2.79. The summed E-state index contributed by atoms with van der Waals surface area (Å²) in [6, 6.07) is 14.6. The molecule has 0 saturated heterocycles. The molecule has 170 valence electrons.